The Morgan fingerprint density at radius 3 is 2.60 bits per heavy atom. The Morgan fingerprint density at radius 1 is 1.40 bits per heavy atom. The summed E-state index contributed by atoms with van der Waals surface area (Å²) in [6.07, 6.45) is 3.34. The van der Waals surface area contributed by atoms with Gasteiger partial charge in [0.15, 0.2) is 5.82 Å². The van der Waals surface area contributed by atoms with Gasteiger partial charge in [0, 0.05) is 13.0 Å². The van der Waals surface area contributed by atoms with Crippen LogP contribution in [0.1, 0.15) is 57.8 Å². The summed E-state index contributed by atoms with van der Waals surface area (Å²) in [5.74, 6) is 1.41. The van der Waals surface area contributed by atoms with Crippen molar-refractivity contribution in [3.05, 3.63) is 11.7 Å². The van der Waals surface area contributed by atoms with E-state index >= 15 is 0 Å². The Hall–Kier alpha value is -0.900. The van der Waals surface area contributed by atoms with Gasteiger partial charge in [-0.2, -0.15) is 4.98 Å². The van der Waals surface area contributed by atoms with Crippen LogP contribution in [0.25, 0.3) is 0 Å². The third kappa shape index (κ3) is 3.63. The number of nitrogens with zero attached hydrogens (tertiary/aromatic N) is 2. The van der Waals surface area contributed by atoms with Crippen molar-refractivity contribution in [2.45, 2.75) is 59.0 Å². The Kier molecular flexibility index (Phi) is 4.75. The molecule has 2 atom stereocenters. The molecule has 0 amide bonds. The molecule has 1 aromatic rings. The van der Waals surface area contributed by atoms with E-state index in [-0.39, 0.29) is 6.04 Å². The highest BCUT2D eigenvalue weighted by atomic mass is 16.5. The fraction of sp³-hybridized carbons (Fsp3) is 0.818. The third-order valence-corrected chi connectivity index (χ3v) is 2.47. The molecule has 1 heterocycles. The number of hydrogen-bond donors (Lipinski definition) is 1. The average Bonchev–Trinajstić information content (AvgIpc) is 2.61. The van der Waals surface area contributed by atoms with Gasteiger partial charge in [-0.1, -0.05) is 25.4 Å². The van der Waals surface area contributed by atoms with Crippen LogP contribution in [0.4, 0.5) is 0 Å². The van der Waals surface area contributed by atoms with Crippen molar-refractivity contribution in [1.82, 2.24) is 15.5 Å². The summed E-state index contributed by atoms with van der Waals surface area (Å²) in [7, 11) is 0. The molecule has 0 saturated heterocycles. The van der Waals surface area contributed by atoms with Crippen LogP contribution in [0.15, 0.2) is 4.52 Å². The van der Waals surface area contributed by atoms with Gasteiger partial charge in [-0.15, -0.1) is 0 Å². The lowest BCUT2D eigenvalue weighted by Crippen LogP contribution is -2.30. The molecule has 1 rings (SSSR count). The fourth-order valence-corrected chi connectivity index (χ4v) is 1.69. The highest BCUT2D eigenvalue weighted by Crippen LogP contribution is 2.14. The minimum Gasteiger partial charge on any atom is -0.340 e. The monoisotopic (exact) mass is 211 g/mol. The van der Waals surface area contributed by atoms with Crippen LogP contribution >= 0.6 is 0 Å². The third-order valence-electron chi connectivity index (χ3n) is 2.47. The van der Waals surface area contributed by atoms with E-state index in [4.69, 9.17) is 4.52 Å². The van der Waals surface area contributed by atoms with Crippen LogP contribution in [0.2, 0.25) is 0 Å². The van der Waals surface area contributed by atoms with E-state index in [0.717, 1.165) is 12.2 Å². The maximum Gasteiger partial charge on any atom is 0.223 e. The predicted molar refractivity (Wildman–Crippen MR) is 59.6 cm³/mol. The summed E-state index contributed by atoms with van der Waals surface area (Å²) in [6, 6.07) is 0.711. The smallest absolute Gasteiger partial charge is 0.223 e. The molecule has 0 aliphatic heterocycles. The maximum atomic E-state index is 4.99. The topological polar surface area (TPSA) is 51.0 Å². The molecular formula is C11H21N3O. The van der Waals surface area contributed by atoms with Crippen molar-refractivity contribution in [2.24, 2.45) is 0 Å². The van der Waals surface area contributed by atoms with E-state index in [2.05, 4.69) is 36.2 Å². The molecule has 4 heteroatoms. The molecule has 2 unspecified atom stereocenters. The lowest BCUT2D eigenvalue weighted by molar-refractivity contribution is 0.362. The summed E-state index contributed by atoms with van der Waals surface area (Å²) in [6.45, 7) is 8.33. The highest BCUT2D eigenvalue weighted by Gasteiger charge is 2.16. The molecule has 0 saturated carbocycles. The first-order valence-corrected chi connectivity index (χ1v) is 5.73. The van der Waals surface area contributed by atoms with Gasteiger partial charge in [-0.05, 0) is 19.8 Å². The largest absolute Gasteiger partial charge is 0.340 e. The number of aromatic nitrogens is 2. The first-order chi connectivity index (χ1) is 7.17. The molecule has 0 radical (unpaired) electrons. The van der Waals surface area contributed by atoms with Crippen molar-refractivity contribution in [1.29, 1.82) is 0 Å². The fourth-order valence-electron chi connectivity index (χ4n) is 1.69. The van der Waals surface area contributed by atoms with E-state index in [1.807, 2.05) is 6.92 Å². The van der Waals surface area contributed by atoms with E-state index in [0.29, 0.717) is 11.9 Å². The number of nitrogens with one attached hydrogen (secondary N) is 1. The molecule has 0 aromatic carbocycles. The van der Waals surface area contributed by atoms with Gasteiger partial charge in [-0.25, -0.2) is 0 Å². The van der Waals surface area contributed by atoms with E-state index in [1.54, 1.807) is 0 Å². The molecular weight excluding hydrogens is 190 g/mol. The van der Waals surface area contributed by atoms with Gasteiger partial charge >= 0.3 is 0 Å². The Balaban J connectivity index is 2.56. The molecule has 1 aromatic heterocycles. The van der Waals surface area contributed by atoms with Crippen LogP contribution in [0.5, 0.6) is 0 Å². The first-order valence-electron chi connectivity index (χ1n) is 5.73. The lowest BCUT2D eigenvalue weighted by atomic mass is 10.1. The van der Waals surface area contributed by atoms with Crippen molar-refractivity contribution in [3.8, 4) is 0 Å². The molecule has 0 fully saturated rings. The second-order valence-corrected chi connectivity index (χ2v) is 3.99. The van der Waals surface area contributed by atoms with Gasteiger partial charge < -0.3 is 9.84 Å². The highest BCUT2D eigenvalue weighted by molar-refractivity contribution is 4.93. The van der Waals surface area contributed by atoms with Crippen LogP contribution < -0.4 is 5.32 Å². The normalized spacial score (nSPS) is 15.2. The SMILES string of the molecule is CCCC(C)NC(CC)c1noc(C)n1. The lowest BCUT2D eigenvalue weighted by Gasteiger charge is -2.18. The molecule has 0 bridgehead atoms. The van der Waals surface area contributed by atoms with Crippen LogP contribution in [0.3, 0.4) is 0 Å². The molecule has 0 aliphatic rings. The summed E-state index contributed by atoms with van der Waals surface area (Å²) < 4.78 is 4.99. The van der Waals surface area contributed by atoms with E-state index < -0.39 is 0 Å². The van der Waals surface area contributed by atoms with Crippen LogP contribution in [-0.4, -0.2) is 16.2 Å². The van der Waals surface area contributed by atoms with E-state index in [9.17, 15) is 0 Å². The Bertz CT molecular complexity index is 285. The average molecular weight is 211 g/mol. The first kappa shape index (κ1) is 12.2. The second kappa shape index (κ2) is 5.85. The molecule has 0 aliphatic carbocycles. The summed E-state index contributed by atoms with van der Waals surface area (Å²) in [5, 5.41) is 7.46. The second-order valence-electron chi connectivity index (χ2n) is 3.99. The quantitative estimate of drug-likeness (QED) is 0.785. The Morgan fingerprint density at radius 2 is 2.13 bits per heavy atom. The van der Waals surface area contributed by atoms with Crippen LogP contribution in [0, 0.1) is 6.92 Å². The van der Waals surface area contributed by atoms with Gasteiger partial charge in [-0.3, -0.25) is 0 Å². The van der Waals surface area contributed by atoms with Crippen molar-refractivity contribution in [3.63, 3.8) is 0 Å². The van der Waals surface area contributed by atoms with Crippen LogP contribution in [-0.2, 0) is 0 Å². The number of hydrogen-bond acceptors (Lipinski definition) is 4. The van der Waals surface area contributed by atoms with Crippen molar-refractivity contribution >= 4 is 0 Å². The molecule has 0 spiro atoms. The van der Waals surface area contributed by atoms with Crippen molar-refractivity contribution in [2.75, 3.05) is 0 Å². The minimum absolute atomic E-state index is 0.212. The molecule has 1 N–H and O–H groups in total. The molecule has 15 heavy (non-hydrogen) atoms. The van der Waals surface area contributed by atoms with Gasteiger partial charge in [0.1, 0.15) is 0 Å². The number of aryl methyl sites for hydroxylation is 1. The van der Waals surface area contributed by atoms with Gasteiger partial charge in [0.2, 0.25) is 5.89 Å². The minimum atomic E-state index is 0.212. The standard InChI is InChI=1S/C11H21N3O/c1-5-7-8(3)12-10(6-2)11-13-9(4)15-14-11/h8,10,12H,5-7H2,1-4H3. The van der Waals surface area contributed by atoms with E-state index in [1.165, 1.54) is 12.8 Å². The maximum absolute atomic E-state index is 4.99. The molecule has 86 valence electrons. The molecule has 4 nitrogen and oxygen atoms in total. The summed E-state index contributed by atoms with van der Waals surface area (Å²) >= 11 is 0. The zero-order valence-corrected chi connectivity index (χ0v) is 10.1. The van der Waals surface area contributed by atoms with Crippen molar-refractivity contribution < 1.29 is 4.52 Å². The zero-order chi connectivity index (χ0) is 11.3. The summed E-state index contributed by atoms with van der Waals surface area (Å²) in [4.78, 5) is 4.25. The zero-order valence-electron chi connectivity index (χ0n) is 10.1. The van der Waals surface area contributed by atoms with Gasteiger partial charge in [0.25, 0.3) is 0 Å². The predicted octanol–water partition coefficient (Wildman–Crippen LogP) is 2.61. The Labute approximate surface area is 91.5 Å². The summed E-state index contributed by atoms with van der Waals surface area (Å²) in [5.41, 5.74) is 0. The van der Waals surface area contributed by atoms with Gasteiger partial charge in [0.05, 0.1) is 6.04 Å². The number of rotatable bonds is 6.